The van der Waals surface area contributed by atoms with Crippen LogP contribution >= 0.6 is 11.3 Å². The Morgan fingerprint density at radius 2 is 2.10 bits per heavy atom. The number of amides is 2. The summed E-state index contributed by atoms with van der Waals surface area (Å²) in [6.07, 6.45) is 1.83. The molecule has 1 N–H and O–H groups in total. The maximum absolute atomic E-state index is 12.5. The second kappa shape index (κ2) is 6.50. The average Bonchev–Trinajstić information content (AvgIpc) is 2.97. The topological polar surface area (TPSA) is 49.4 Å². The second-order valence-electron chi connectivity index (χ2n) is 5.21. The van der Waals surface area contributed by atoms with Gasteiger partial charge in [-0.15, -0.1) is 11.3 Å². The molecule has 0 saturated carbocycles. The van der Waals surface area contributed by atoms with Crippen LogP contribution in [-0.4, -0.2) is 36.3 Å². The van der Waals surface area contributed by atoms with Crippen molar-refractivity contribution in [2.45, 2.75) is 38.5 Å². The number of carbonyl (C=O) groups excluding carboxylic acids is 2. The molecule has 2 rings (SSSR count). The number of thiophene rings is 1. The number of nitrogens with one attached hydrogen (secondary N) is 1. The van der Waals surface area contributed by atoms with Crippen molar-refractivity contribution in [1.29, 1.82) is 0 Å². The summed E-state index contributed by atoms with van der Waals surface area (Å²) < 4.78 is 0. The van der Waals surface area contributed by atoms with Crippen molar-refractivity contribution in [3.63, 3.8) is 0 Å². The molecule has 4 nitrogen and oxygen atoms in total. The highest BCUT2D eigenvalue weighted by atomic mass is 32.1. The third-order valence-corrected chi connectivity index (χ3v) is 5.28. The largest absolute Gasteiger partial charge is 0.304 e. The fraction of sp³-hybridized carbons (Fsp3) is 0.600. The van der Waals surface area contributed by atoms with Crippen molar-refractivity contribution < 1.29 is 9.59 Å². The molecule has 0 radical (unpaired) electrons. The van der Waals surface area contributed by atoms with Crippen molar-refractivity contribution in [3.8, 4) is 0 Å². The minimum Gasteiger partial charge on any atom is -0.304 e. The van der Waals surface area contributed by atoms with Crippen LogP contribution in [0.2, 0.25) is 0 Å². The highest BCUT2D eigenvalue weighted by molar-refractivity contribution is 7.10. The quantitative estimate of drug-likeness (QED) is 0.818. The lowest BCUT2D eigenvalue weighted by Gasteiger charge is -2.36. The van der Waals surface area contributed by atoms with E-state index in [-0.39, 0.29) is 11.8 Å². The van der Waals surface area contributed by atoms with Gasteiger partial charge in [0.25, 0.3) is 0 Å². The molecule has 0 spiro atoms. The number of rotatable bonds is 6. The first-order valence-electron chi connectivity index (χ1n) is 7.23. The van der Waals surface area contributed by atoms with E-state index in [9.17, 15) is 9.59 Å². The Labute approximate surface area is 124 Å². The summed E-state index contributed by atoms with van der Waals surface area (Å²) in [5.74, 6) is -0.270. The van der Waals surface area contributed by atoms with Gasteiger partial charge in [-0.2, -0.15) is 0 Å². The number of hydrogen-bond donors (Lipinski definition) is 1. The molecule has 20 heavy (non-hydrogen) atoms. The van der Waals surface area contributed by atoms with Gasteiger partial charge in [0.2, 0.25) is 11.8 Å². The third-order valence-electron chi connectivity index (χ3n) is 4.21. The van der Waals surface area contributed by atoms with Crippen molar-refractivity contribution in [2.75, 3.05) is 19.6 Å². The minimum atomic E-state index is -0.523. The molecule has 1 aromatic heterocycles. The lowest BCUT2D eigenvalue weighted by atomic mass is 9.75. The summed E-state index contributed by atoms with van der Waals surface area (Å²) >= 11 is 1.61. The van der Waals surface area contributed by atoms with E-state index in [2.05, 4.69) is 24.1 Å². The Balaban J connectivity index is 2.21. The fourth-order valence-corrected chi connectivity index (χ4v) is 3.77. The van der Waals surface area contributed by atoms with Gasteiger partial charge in [0.05, 0.1) is 5.41 Å². The number of piperidine rings is 1. The Kier molecular flexibility index (Phi) is 4.94. The highest BCUT2D eigenvalue weighted by Gasteiger charge is 2.44. The van der Waals surface area contributed by atoms with Crippen LogP contribution in [0, 0.1) is 0 Å². The first-order chi connectivity index (χ1) is 9.62. The molecule has 1 atom stereocenters. The van der Waals surface area contributed by atoms with E-state index in [1.807, 2.05) is 17.5 Å². The number of hydrogen-bond acceptors (Lipinski definition) is 4. The number of nitrogens with zero attached hydrogens (tertiary/aromatic N) is 1. The van der Waals surface area contributed by atoms with E-state index in [4.69, 9.17) is 0 Å². The molecular weight excluding hydrogens is 272 g/mol. The van der Waals surface area contributed by atoms with Gasteiger partial charge in [-0.1, -0.05) is 19.9 Å². The smallest absolute Gasteiger partial charge is 0.238 e. The van der Waals surface area contributed by atoms with Gasteiger partial charge in [-0.3, -0.25) is 14.9 Å². The predicted octanol–water partition coefficient (Wildman–Crippen LogP) is 2.15. The monoisotopic (exact) mass is 294 g/mol. The van der Waals surface area contributed by atoms with E-state index < -0.39 is 5.41 Å². The zero-order valence-corrected chi connectivity index (χ0v) is 13.0. The molecule has 0 unspecified atom stereocenters. The zero-order valence-electron chi connectivity index (χ0n) is 12.1. The molecule has 1 aliphatic heterocycles. The van der Waals surface area contributed by atoms with Crippen molar-refractivity contribution in [1.82, 2.24) is 10.2 Å². The summed E-state index contributed by atoms with van der Waals surface area (Å²) in [6.45, 7) is 7.11. The van der Waals surface area contributed by atoms with Gasteiger partial charge in [-0.05, 0) is 43.9 Å². The summed E-state index contributed by atoms with van der Waals surface area (Å²) in [5, 5.41) is 4.53. The highest BCUT2D eigenvalue weighted by Crippen LogP contribution is 2.38. The first-order valence-corrected chi connectivity index (χ1v) is 8.11. The molecule has 110 valence electrons. The van der Waals surface area contributed by atoms with Gasteiger partial charge >= 0.3 is 0 Å². The van der Waals surface area contributed by atoms with Crippen LogP contribution in [0.3, 0.4) is 0 Å². The Hall–Kier alpha value is -1.20. The third kappa shape index (κ3) is 2.94. The van der Waals surface area contributed by atoms with E-state index in [1.54, 1.807) is 11.3 Å². The van der Waals surface area contributed by atoms with E-state index >= 15 is 0 Å². The summed E-state index contributed by atoms with van der Waals surface area (Å²) in [7, 11) is 0. The first kappa shape index (κ1) is 15.2. The van der Waals surface area contributed by atoms with Gasteiger partial charge < -0.3 is 4.90 Å². The normalized spacial score (nSPS) is 23.1. The Morgan fingerprint density at radius 3 is 2.65 bits per heavy atom. The fourth-order valence-electron chi connectivity index (χ4n) is 2.79. The lowest BCUT2D eigenvalue weighted by Crippen LogP contribution is -2.52. The predicted molar refractivity (Wildman–Crippen MR) is 80.8 cm³/mol. The van der Waals surface area contributed by atoms with Crippen LogP contribution in [0.5, 0.6) is 0 Å². The molecule has 1 aliphatic rings. The van der Waals surface area contributed by atoms with Gasteiger partial charge in [0, 0.05) is 11.3 Å². The van der Waals surface area contributed by atoms with Crippen LogP contribution in [0.15, 0.2) is 17.5 Å². The molecule has 1 saturated heterocycles. The molecule has 1 aromatic rings. The van der Waals surface area contributed by atoms with Gasteiger partial charge in [-0.25, -0.2) is 0 Å². The second-order valence-corrected chi connectivity index (χ2v) is 6.16. The Morgan fingerprint density at radius 1 is 1.35 bits per heavy atom. The van der Waals surface area contributed by atoms with E-state index in [1.165, 1.54) is 0 Å². The molecule has 5 heteroatoms. The van der Waals surface area contributed by atoms with Crippen molar-refractivity contribution >= 4 is 23.2 Å². The van der Waals surface area contributed by atoms with Gasteiger partial charge in [0.1, 0.15) is 0 Å². The lowest BCUT2D eigenvalue weighted by molar-refractivity contribution is -0.138. The van der Waals surface area contributed by atoms with E-state index in [0.29, 0.717) is 12.8 Å². The maximum atomic E-state index is 12.5. The average molecular weight is 294 g/mol. The molecular formula is C15H22N2O2S. The van der Waals surface area contributed by atoms with Crippen LogP contribution in [0.25, 0.3) is 0 Å². The Bertz CT molecular complexity index is 468. The SMILES string of the molecule is CCN(CC)CC[C@@]1(c2cccs2)CCC(=O)NC1=O. The van der Waals surface area contributed by atoms with Crippen LogP contribution in [0.1, 0.15) is 38.0 Å². The summed E-state index contributed by atoms with van der Waals surface area (Å²) in [4.78, 5) is 27.3. The molecule has 2 heterocycles. The molecule has 0 aliphatic carbocycles. The molecule has 0 bridgehead atoms. The zero-order chi connectivity index (χ0) is 14.6. The maximum Gasteiger partial charge on any atom is 0.238 e. The number of carbonyl (C=O) groups is 2. The van der Waals surface area contributed by atoms with Crippen LogP contribution in [0.4, 0.5) is 0 Å². The van der Waals surface area contributed by atoms with Crippen molar-refractivity contribution in [3.05, 3.63) is 22.4 Å². The number of imide groups is 1. The van der Waals surface area contributed by atoms with Crippen LogP contribution in [-0.2, 0) is 15.0 Å². The van der Waals surface area contributed by atoms with Crippen LogP contribution < -0.4 is 5.32 Å². The van der Waals surface area contributed by atoms with Crippen molar-refractivity contribution in [2.24, 2.45) is 0 Å². The van der Waals surface area contributed by atoms with Gasteiger partial charge in [0.15, 0.2) is 0 Å². The van der Waals surface area contributed by atoms with E-state index in [0.717, 1.165) is 30.9 Å². The molecule has 1 fully saturated rings. The summed E-state index contributed by atoms with van der Waals surface area (Å²) in [5.41, 5.74) is -0.523. The molecule has 0 aromatic carbocycles. The molecule has 2 amide bonds. The minimum absolute atomic E-state index is 0.122. The standard InChI is InChI=1S/C15H22N2O2S/c1-3-17(4-2)10-9-15(12-6-5-11-20-12)8-7-13(18)16-14(15)19/h5-6,11H,3-4,7-10H2,1-2H3,(H,16,18,19)/t15-/m1/s1. The summed E-state index contributed by atoms with van der Waals surface area (Å²) in [6, 6.07) is 3.99.